The van der Waals surface area contributed by atoms with E-state index < -0.39 is 11.9 Å². The monoisotopic (exact) mass is 948 g/mol. The highest BCUT2D eigenvalue weighted by Crippen LogP contribution is 2.41. The number of unbranched alkanes of at least 4 members (excludes halogenated alkanes) is 28. The molecule has 5 heteroatoms. The largest absolute Gasteiger partial charge is 0.388 e. The minimum absolute atomic E-state index is 0.120. The van der Waals surface area contributed by atoms with E-state index in [4.69, 9.17) is 14.2 Å². The summed E-state index contributed by atoms with van der Waals surface area (Å²) in [5.41, 5.74) is 0. The van der Waals surface area contributed by atoms with Crippen molar-refractivity contribution in [2.45, 2.75) is 301 Å². The molecule has 0 radical (unpaired) electrons. The van der Waals surface area contributed by atoms with Gasteiger partial charge in [0.2, 0.25) is 0 Å². The predicted molar refractivity (Wildman–Crippen MR) is 298 cm³/mol. The third-order valence-corrected chi connectivity index (χ3v) is 14.2. The van der Waals surface area contributed by atoms with Crippen LogP contribution in [0.2, 0.25) is 0 Å². The molecule has 5 nitrogen and oxygen atoms in total. The number of ether oxygens (including phenoxy) is 3. The van der Waals surface area contributed by atoms with Gasteiger partial charge in [-0.2, -0.15) is 0 Å². The first-order chi connectivity index (χ1) is 33.5. The molecule has 4 atom stereocenters. The van der Waals surface area contributed by atoms with Gasteiger partial charge in [0.15, 0.2) is 5.79 Å². The normalized spacial score (nSPS) is 20.2. The lowest BCUT2D eigenvalue weighted by Crippen LogP contribution is -2.45. The first-order valence-corrected chi connectivity index (χ1v) is 29.8. The molecule has 0 unspecified atom stereocenters. The number of nitrogens with zero attached hydrogens (tertiary/aromatic N) is 1. The zero-order chi connectivity index (χ0) is 48.7. The Labute approximate surface area is 423 Å². The lowest BCUT2D eigenvalue weighted by Gasteiger charge is -2.32. The van der Waals surface area contributed by atoms with Gasteiger partial charge < -0.3 is 24.2 Å². The molecule has 0 aromatic carbocycles. The number of hydrogen-bond acceptors (Lipinski definition) is 5. The summed E-state index contributed by atoms with van der Waals surface area (Å²) in [6.07, 6.45) is 74.9. The molecular weight excluding hydrogens is 835 g/mol. The smallest absolute Gasteiger partial charge is 0.169 e. The van der Waals surface area contributed by atoms with Gasteiger partial charge in [-0.3, -0.25) is 0 Å². The maximum atomic E-state index is 11.9. The van der Waals surface area contributed by atoms with Gasteiger partial charge in [0.1, 0.15) is 18.3 Å². The summed E-state index contributed by atoms with van der Waals surface area (Å²) in [6.45, 7) is 9.01. The number of hydrogen-bond donors (Lipinski definition) is 1. The van der Waals surface area contributed by atoms with E-state index in [2.05, 4.69) is 106 Å². The summed E-state index contributed by atoms with van der Waals surface area (Å²) < 4.78 is 20.5. The molecule has 2 saturated heterocycles. The lowest BCUT2D eigenvalue weighted by atomic mass is 9.98. The Morgan fingerprint density at radius 2 is 0.765 bits per heavy atom. The van der Waals surface area contributed by atoms with Gasteiger partial charge in [-0.1, -0.05) is 216 Å². The summed E-state index contributed by atoms with van der Waals surface area (Å²) in [5.74, 6) is -0.593. The first kappa shape index (κ1) is 62.4. The molecule has 0 aliphatic carbocycles. The lowest BCUT2D eigenvalue weighted by molar-refractivity contribution is -0.203. The van der Waals surface area contributed by atoms with E-state index in [1.807, 2.05) is 0 Å². The van der Waals surface area contributed by atoms with Crippen LogP contribution in [0.1, 0.15) is 271 Å². The first-order valence-electron chi connectivity index (χ1n) is 29.8. The molecule has 2 rings (SSSR count). The van der Waals surface area contributed by atoms with Crippen molar-refractivity contribution < 1.29 is 19.3 Å². The Hall–Kier alpha value is -1.76. The highest BCUT2D eigenvalue weighted by Gasteiger charge is 2.52. The minimum Gasteiger partial charge on any atom is -0.388 e. The van der Waals surface area contributed by atoms with Gasteiger partial charge in [0.05, 0.1) is 6.10 Å². The van der Waals surface area contributed by atoms with Crippen LogP contribution in [0.4, 0.5) is 0 Å². The van der Waals surface area contributed by atoms with Gasteiger partial charge in [-0.15, -0.1) is 0 Å². The molecule has 0 bridgehead atoms. The number of likely N-dealkylation sites (N-methyl/N-ethyl adjacent to an activating group) is 1. The Bertz CT molecular complexity index is 1220. The molecule has 0 aromatic rings. The van der Waals surface area contributed by atoms with Crippen LogP contribution in [-0.4, -0.2) is 67.0 Å². The van der Waals surface area contributed by atoms with Gasteiger partial charge >= 0.3 is 0 Å². The van der Waals surface area contributed by atoms with Gasteiger partial charge in [0, 0.05) is 32.5 Å². The van der Waals surface area contributed by atoms with E-state index in [0.717, 1.165) is 64.5 Å². The second kappa shape index (κ2) is 46.3. The average Bonchev–Trinajstić information content (AvgIpc) is 3.65. The zero-order valence-corrected chi connectivity index (χ0v) is 45.6. The number of aliphatic hydroxyl groups is 1. The van der Waals surface area contributed by atoms with E-state index in [1.165, 1.54) is 199 Å². The van der Waals surface area contributed by atoms with E-state index in [-0.39, 0.29) is 18.3 Å². The van der Waals surface area contributed by atoms with Crippen molar-refractivity contribution in [1.82, 2.24) is 4.90 Å². The molecule has 0 aromatic heterocycles. The van der Waals surface area contributed by atoms with Gasteiger partial charge in [-0.25, -0.2) is 0 Å². The molecule has 68 heavy (non-hydrogen) atoms. The van der Waals surface area contributed by atoms with Crippen LogP contribution in [0.25, 0.3) is 0 Å². The molecule has 394 valence electrons. The Kier molecular flexibility index (Phi) is 42.5. The maximum absolute atomic E-state index is 11.9. The summed E-state index contributed by atoms with van der Waals surface area (Å²) >= 11 is 0. The fraction of sp³-hybridized carbons (Fsp3) is 0.810. The third-order valence-electron chi connectivity index (χ3n) is 14.2. The van der Waals surface area contributed by atoms with Crippen molar-refractivity contribution in [2.75, 3.05) is 26.7 Å². The van der Waals surface area contributed by atoms with Crippen molar-refractivity contribution in [1.29, 1.82) is 0 Å². The van der Waals surface area contributed by atoms with Crippen molar-refractivity contribution in [3.05, 3.63) is 72.9 Å². The number of allylic oxidation sites excluding steroid dienone is 12. The molecule has 1 N–H and O–H groups in total. The minimum atomic E-state index is -0.672. The van der Waals surface area contributed by atoms with Crippen LogP contribution < -0.4 is 0 Å². The second-order valence-corrected chi connectivity index (χ2v) is 20.9. The van der Waals surface area contributed by atoms with Crippen LogP contribution in [0.5, 0.6) is 0 Å². The Morgan fingerprint density at radius 3 is 1.15 bits per heavy atom. The number of fused-ring (bicyclic) bond motifs is 1. The summed E-state index contributed by atoms with van der Waals surface area (Å²) in [4.78, 5) is 2.31. The predicted octanol–water partition coefficient (Wildman–Crippen LogP) is 18.8. The van der Waals surface area contributed by atoms with E-state index in [0.29, 0.717) is 6.61 Å². The Balaban J connectivity index is 1.74. The molecule has 2 aliphatic heterocycles. The highest BCUT2D eigenvalue weighted by molar-refractivity contribution is 4.98. The molecule has 2 aliphatic rings. The molecule has 0 saturated carbocycles. The Morgan fingerprint density at radius 1 is 0.426 bits per heavy atom. The second-order valence-electron chi connectivity index (χ2n) is 20.9. The van der Waals surface area contributed by atoms with Crippen LogP contribution >= 0.6 is 0 Å². The molecular formula is C63H113NO4. The highest BCUT2D eigenvalue weighted by atomic mass is 16.8. The summed E-state index contributed by atoms with van der Waals surface area (Å²) in [5, 5.41) is 11.9. The van der Waals surface area contributed by atoms with E-state index in [1.54, 1.807) is 0 Å². The molecule has 2 heterocycles. The van der Waals surface area contributed by atoms with E-state index in [9.17, 15) is 5.11 Å². The molecule has 2 fully saturated rings. The fourth-order valence-electron chi connectivity index (χ4n) is 9.91. The van der Waals surface area contributed by atoms with Gasteiger partial charge in [-0.05, 0) is 123 Å². The van der Waals surface area contributed by atoms with E-state index >= 15 is 0 Å². The standard InChI is InChI=1S/C63H113NO4/c1-5-8-11-14-17-20-23-26-29-32-35-38-41-44-47-50-53-56-66-59-57-64(4)58-60-62(61(59)65)68-63(67-60,54-51-48-45-42-39-36-33-30-27-24-21-18-15-12-9-6-2)55-52-49-46-43-40-37-34-31-28-25-22-19-16-13-10-7-3/h17-22,26-31,59-62,65H,5-16,23-25,32-58H2,1-4H3/b20-17-,21-18-,22-19-,29-26-,30-27-,31-28-/t59-,60-,61-,62-/m1/s1. The topological polar surface area (TPSA) is 51.2 Å². The number of rotatable bonds is 47. The van der Waals surface area contributed by atoms with Crippen molar-refractivity contribution in [3.8, 4) is 0 Å². The maximum Gasteiger partial charge on any atom is 0.169 e. The fourth-order valence-corrected chi connectivity index (χ4v) is 9.91. The average molecular weight is 949 g/mol. The summed E-state index contributed by atoms with van der Waals surface area (Å²) in [6, 6.07) is 0. The quantitative estimate of drug-likeness (QED) is 0.0487. The van der Waals surface area contributed by atoms with Gasteiger partial charge in [0.25, 0.3) is 0 Å². The van der Waals surface area contributed by atoms with Crippen molar-refractivity contribution in [2.24, 2.45) is 0 Å². The van der Waals surface area contributed by atoms with Crippen molar-refractivity contribution >= 4 is 0 Å². The SMILES string of the molecule is CCCCC/C=C\C/C=C\CCCCCCCCCO[C@@H]1CN(C)C[C@H]2OC(CCCCCCCC/C=C\C/C=C\CCCCC)(CCCCCCCC/C=C\C/C=C\CCCCC)O[C@H]2[C@@H]1O. The molecule has 0 spiro atoms. The van der Waals surface area contributed by atoms with Crippen LogP contribution in [0.15, 0.2) is 72.9 Å². The van der Waals surface area contributed by atoms with Crippen LogP contribution in [0.3, 0.4) is 0 Å². The number of likely N-dealkylation sites (tertiary alicyclic amines) is 1. The summed E-state index contributed by atoms with van der Waals surface area (Å²) in [7, 11) is 2.15. The molecule has 0 amide bonds. The third kappa shape index (κ3) is 34.5. The number of aliphatic hydroxyl groups excluding tert-OH is 1. The van der Waals surface area contributed by atoms with Crippen molar-refractivity contribution in [3.63, 3.8) is 0 Å². The van der Waals surface area contributed by atoms with Crippen LogP contribution in [0, 0.1) is 0 Å². The van der Waals surface area contributed by atoms with Crippen LogP contribution in [-0.2, 0) is 14.2 Å². The zero-order valence-electron chi connectivity index (χ0n) is 45.6.